The lowest BCUT2D eigenvalue weighted by Gasteiger charge is -2.08. The van der Waals surface area contributed by atoms with Crippen molar-refractivity contribution in [2.24, 2.45) is 0 Å². The fourth-order valence-corrected chi connectivity index (χ4v) is 3.09. The molecule has 0 saturated heterocycles. The number of aryl methyl sites for hydroxylation is 2. The highest BCUT2D eigenvalue weighted by Gasteiger charge is 2.13. The van der Waals surface area contributed by atoms with Gasteiger partial charge in [0.15, 0.2) is 5.16 Å². The van der Waals surface area contributed by atoms with Gasteiger partial charge in [-0.3, -0.25) is 4.79 Å². The number of aliphatic carboxylic acids is 1. The molecule has 0 fully saturated rings. The van der Waals surface area contributed by atoms with Crippen LogP contribution in [0, 0.1) is 6.92 Å². The normalized spacial score (nSPS) is 11.1. The summed E-state index contributed by atoms with van der Waals surface area (Å²) >= 11 is 3.06. The summed E-state index contributed by atoms with van der Waals surface area (Å²) < 4.78 is 2.13. The first-order chi connectivity index (χ1) is 9.13. The van der Waals surface area contributed by atoms with Crippen LogP contribution in [0.4, 0.5) is 0 Å². The van der Waals surface area contributed by atoms with Gasteiger partial charge in [-0.1, -0.05) is 23.9 Å². The fraction of sp³-hybridized carbons (Fsp3) is 0.385. The second-order valence-corrected chi connectivity index (χ2v) is 6.09. The maximum Gasteiger partial charge on any atom is 0.313 e. The summed E-state index contributed by atoms with van der Waals surface area (Å²) in [6.45, 7) is 2.91. The Morgan fingerprint density at radius 2 is 2.26 bits per heavy atom. The van der Waals surface area contributed by atoms with E-state index in [2.05, 4.69) is 28.8 Å². The predicted octanol–water partition coefficient (Wildman–Crippen LogP) is 2.88. The van der Waals surface area contributed by atoms with Crippen LogP contribution in [0.1, 0.15) is 5.56 Å². The molecule has 0 radical (unpaired) electrons. The number of nitrogens with zero attached hydrogens (tertiary/aromatic N) is 2. The molecule has 0 bridgehead atoms. The van der Waals surface area contributed by atoms with Crippen LogP contribution in [0.5, 0.6) is 0 Å². The number of fused-ring (bicyclic) bond motifs is 1. The van der Waals surface area contributed by atoms with E-state index in [-0.39, 0.29) is 5.75 Å². The van der Waals surface area contributed by atoms with E-state index < -0.39 is 5.97 Å². The van der Waals surface area contributed by atoms with Crippen molar-refractivity contribution in [1.82, 2.24) is 9.55 Å². The molecule has 0 aliphatic rings. The number of hydrogen-bond acceptors (Lipinski definition) is 4. The van der Waals surface area contributed by atoms with Gasteiger partial charge in [-0.05, 0) is 24.8 Å². The van der Waals surface area contributed by atoms with E-state index in [1.807, 2.05) is 12.1 Å². The first-order valence-electron chi connectivity index (χ1n) is 5.93. The lowest BCUT2D eigenvalue weighted by atomic mass is 10.2. The van der Waals surface area contributed by atoms with Gasteiger partial charge >= 0.3 is 5.97 Å². The molecule has 1 heterocycles. The van der Waals surface area contributed by atoms with Crippen LogP contribution in [-0.4, -0.2) is 38.4 Å². The van der Waals surface area contributed by atoms with Gasteiger partial charge in [0, 0.05) is 12.3 Å². The molecule has 0 saturated carbocycles. The monoisotopic (exact) mass is 296 g/mol. The average molecular weight is 296 g/mol. The molecule has 2 aromatic rings. The Hall–Kier alpha value is -1.14. The lowest BCUT2D eigenvalue weighted by molar-refractivity contribution is -0.133. The fourth-order valence-electron chi connectivity index (χ4n) is 1.97. The molecule has 1 aromatic heterocycles. The van der Waals surface area contributed by atoms with Gasteiger partial charge in [-0.15, -0.1) is 0 Å². The third-order valence-electron chi connectivity index (χ3n) is 2.78. The molecule has 2 rings (SSSR count). The molecule has 6 heteroatoms. The summed E-state index contributed by atoms with van der Waals surface area (Å²) in [5.41, 5.74) is 3.23. The van der Waals surface area contributed by atoms with Crippen molar-refractivity contribution in [2.45, 2.75) is 18.6 Å². The van der Waals surface area contributed by atoms with E-state index in [1.54, 1.807) is 11.8 Å². The number of thioether (sulfide) groups is 2. The Morgan fingerprint density at radius 1 is 1.47 bits per heavy atom. The summed E-state index contributed by atoms with van der Waals surface area (Å²) in [6.07, 6.45) is 2.07. The number of aromatic nitrogens is 2. The van der Waals surface area contributed by atoms with Crippen LogP contribution >= 0.6 is 23.5 Å². The molecule has 4 nitrogen and oxygen atoms in total. The summed E-state index contributed by atoms with van der Waals surface area (Å²) in [6, 6.07) is 6.02. The van der Waals surface area contributed by atoms with Crippen molar-refractivity contribution in [1.29, 1.82) is 0 Å². The topological polar surface area (TPSA) is 55.1 Å². The quantitative estimate of drug-likeness (QED) is 0.831. The Labute approximate surface area is 120 Å². The van der Waals surface area contributed by atoms with Crippen molar-refractivity contribution in [3.05, 3.63) is 23.8 Å². The summed E-state index contributed by atoms with van der Waals surface area (Å²) in [7, 11) is 0. The van der Waals surface area contributed by atoms with Gasteiger partial charge in [0.05, 0.1) is 16.8 Å². The minimum atomic E-state index is -0.815. The Morgan fingerprint density at radius 3 is 2.95 bits per heavy atom. The minimum Gasteiger partial charge on any atom is -0.481 e. The zero-order valence-electron chi connectivity index (χ0n) is 10.9. The van der Waals surface area contributed by atoms with Gasteiger partial charge in [-0.25, -0.2) is 4.98 Å². The third kappa shape index (κ3) is 3.25. The molecular formula is C13H16N2O2S2. The summed E-state index contributed by atoms with van der Waals surface area (Å²) in [4.78, 5) is 15.3. The van der Waals surface area contributed by atoms with Crippen molar-refractivity contribution in [3.63, 3.8) is 0 Å². The molecule has 102 valence electrons. The van der Waals surface area contributed by atoms with Crippen LogP contribution in [0.25, 0.3) is 11.0 Å². The number of rotatable bonds is 6. The van der Waals surface area contributed by atoms with Gasteiger partial charge in [-0.2, -0.15) is 11.8 Å². The summed E-state index contributed by atoms with van der Waals surface area (Å²) in [5.74, 6) is 0.215. The van der Waals surface area contributed by atoms with Crippen LogP contribution in [0.2, 0.25) is 0 Å². The van der Waals surface area contributed by atoms with Crippen LogP contribution in [0.3, 0.4) is 0 Å². The van der Waals surface area contributed by atoms with Crippen molar-refractivity contribution >= 4 is 40.5 Å². The minimum absolute atomic E-state index is 0.0433. The number of imidazole rings is 1. The third-order valence-corrected chi connectivity index (χ3v) is 4.33. The number of carboxylic acids is 1. The molecule has 0 atom stereocenters. The molecule has 0 aliphatic heterocycles. The maximum absolute atomic E-state index is 10.7. The highest BCUT2D eigenvalue weighted by Crippen LogP contribution is 2.26. The van der Waals surface area contributed by atoms with Gasteiger partial charge < -0.3 is 9.67 Å². The maximum atomic E-state index is 10.7. The highest BCUT2D eigenvalue weighted by atomic mass is 32.2. The molecule has 0 spiro atoms. The number of para-hydroxylation sites is 1. The van der Waals surface area contributed by atoms with Crippen LogP contribution < -0.4 is 0 Å². The van der Waals surface area contributed by atoms with E-state index in [0.717, 1.165) is 28.5 Å². The van der Waals surface area contributed by atoms with E-state index in [0.29, 0.717) is 0 Å². The lowest BCUT2D eigenvalue weighted by Crippen LogP contribution is -2.05. The highest BCUT2D eigenvalue weighted by molar-refractivity contribution is 7.99. The van der Waals surface area contributed by atoms with E-state index in [4.69, 9.17) is 5.11 Å². The molecule has 1 N–H and O–H groups in total. The zero-order chi connectivity index (χ0) is 13.8. The van der Waals surface area contributed by atoms with Gasteiger partial charge in [0.25, 0.3) is 0 Å². The Balaban J connectivity index is 2.42. The zero-order valence-corrected chi connectivity index (χ0v) is 12.6. The average Bonchev–Trinajstić information content (AvgIpc) is 2.73. The smallest absolute Gasteiger partial charge is 0.313 e. The van der Waals surface area contributed by atoms with Crippen LogP contribution in [0.15, 0.2) is 23.4 Å². The molecule has 19 heavy (non-hydrogen) atoms. The molecular weight excluding hydrogens is 280 g/mol. The second kappa shape index (κ2) is 6.34. The first kappa shape index (κ1) is 14.3. The predicted molar refractivity (Wildman–Crippen MR) is 81.2 cm³/mol. The van der Waals surface area contributed by atoms with Crippen molar-refractivity contribution in [3.8, 4) is 0 Å². The number of carboxylic acid groups (broad SMARTS) is 1. The number of carbonyl (C=O) groups is 1. The molecule has 0 aliphatic carbocycles. The van der Waals surface area contributed by atoms with Gasteiger partial charge in [0.1, 0.15) is 0 Å². The standard InChI is InChI=1S/C13H16N2O2S2/c1-9-4-3-5-10-12(9)15(6-7-18-2)13(14-10)19-8-11(16)17/h3-5H,6-8H2,1-2H3,(H,16,17). The number of benzene rings is 1. The van der Waals surface area contributed by atoms with E-state index in [1.165, 1.54) is 17.3 Å². The van der Waals surface area contributed by atoms with E-state index in [9.17, 15) is 4.79 Å². The number of hydrogen-bond donors (Lipinski definition) is 1. The van der Waals surface area contributed by atoms with Crippen molar-refractivity contribution < 1.29 is 9.90 Å². The second-order valence-electron chi connectivity index (χ2n) is 4.16. The largest absolute Gasteiger partial charge is 0.481 e. The van der Waals surface area contributed by atoms with E-state index >= 15 is 0 Å². The van der Waals surface area contributed by atoms with Crippen molar-refractivity contribution in [2.75, 3.05) is 17.8 Å². The summed E-state index contributed by atoms with van der Waals surface area (Å²) in [5, 5.41) is 9.60. The van der Waals surface area contributed by atoms with Gasteiger partial charge in [0.2, 0.25) is 0 Å². The van der Waals surface area contributed by atoms with Crippen LogP contribution in [-0.2, 0) is 11.3 Å². The Bertz CT molecular complexity index is 596. The molecule has 0 amide bonds. The molecule has 0 unspecified atom stereocenters. The Kier molecular flexibility index (Phi) is 4.76. The molecule has 1 aromatic carbocycles. The SMILES string of the molecule is CSCCn1c(SCC(=O)O)nc2cccc(C)c21. The first-order valence-corrected chi connectivity index (χ1v) is 8.31.